The second kappa shape index (κ2) is 4.48. The maximum Gasteiger partial charge on any atom is 0.353 e. The van der Waals surface area contributed by atoms with Gasteiger partial charge in [0.15, 0.2) is 0 Å². The predicted molar refractivity (Wildman–Crippen MR) is 62.2 cm³/mol. The van der Waals surface area contributed by atoms with Gasteiger partial charge in [0.1, 0.15) is 17.3 Å². The van der Waals surface area contributed by atoms with Crippen LogP contribution < -0.4 is 4.74 Å². The topological polar surface area (TPSA) is 75.2 Å². The first-order valence-electron chi connectivity index (χ1n) is 5.16. The molecule has 1 aromatic heterocycles. The lowest BCUT2D eigenvalue weighted by molar-refractivity contribution is 0.0690. The summed E-state index contributed by atoms with van der Waals surface area (Å²) in [5.74, 6) is -1.10. The number of carboxylic acid groups (broad SMARTS) is 1. The molecule has 0 aliphatic carbocycles. The predicted octanol–water partition coefficient (Wildman–Crippen LogP) is 2.23. The maximum atomic E-state index is 13.8. The molecule has 1 aromatic carbocycles. The number of carbonyl (C=O) groups is 1. The van der Waals surface area contributed by atoms with Crippen molar-refractivity contribution in [1.82, 2.24) is 10.2 Å². The Morgan fingerprint density at radius 2 is 2.17 bits per heavy atom. The summed E-state index contributed by atoms with van der Waals surface area (Å²) in [6.07, 6.45) is 0. The van der Waals surface area contributed by atoms with Crippen LogP contribution in [0.2, 0.25) is 0 Å². The van der Waals surface area contributed by atoms with Crippen molar-refractivity contribution in [3.63, 3.8) is 0 Å². The molecule has 0 spiro atoms. The number of hydrogen-bond acceptors (Lipinski definition) is 3. The van der Waals surface area contributed by atoms with Crippen LogP contribution in [0.5, 0.6) is 5.75 Å². The summed E-state index contributed by atoms with van der Waals surface area (Å²) in [5, 5.41) is 14.9. The highest BCUT2D eigenvalue weighted by Crippen LogP contribution is 2.29. The third kappa shape index (κ3) is 2.04. The molecule has 18 heavy (non-hydrogen) atoms. The summed E-state index contributed by atoms with van der Waals surface area (Å²) in [7, 11) is 1.48. The van der Waals surface area contributed by atoms with E-state index in [2.05, 4.69) is 10.2 Å². The standard InChI is InChI=1S/C12H11FN2O3/c1-6-3-8(13)7(4-11(6)18-2)9-5-10(12(16)17)15-14-9/h3-5H,1-2H3,(H,14,15)(H,16,17). The molecule has 0 aliphatic heterocycles. The zero-order chi connectivity index (χ0) is 13.3. The maximum absolute atomic E-state index is 13.8. The van der Waals surface area contributed by atoms with Crippen LogP contribution in [-0.2, 0) is 0 Å². The van der Waals surface area contributed by atoms with Crippen LogP contribution in [0, 0.1) is 12.7 Å². The Hall–Kier alpha value is -2.37. The molecule has 2 rings (SSSR count). The smallest absolute Gasteiger partial charge is 0.353 e. The molecule has 0 radical (unpaired) electrons. The van der Waals surface area contributed by atoms with Gasteiger partial charge in [-0.25, -0.2) is 9.18 Å². The quantitative estimate of drug-likeness (QED) is 0.875. The highest BCUT2D eigenvalue weighted by molar-refractivity contribution is 5.86. The van der Waals surface area contributed by atoms with Gasteiger partial charge in [0.25, 0.3) is 0 Å². The fourth-order valence-corrected chi connectivity index (χ4v) is 1.64. The number of nitrogens with zero attached hydrogens (tertiary/aromatic N) is 1. The van der Waals surface area contributed by atoms with E-state index in [9.17, 15) is 9.18 Å². The van der Waals surface area contributed by atoms with E-state index in [1.54, 1.807) is 6.92 Å². The minimum atomic E-state index is -1.15. The third-order valence-electron chi connectivity index (χ3n) is 2.57. The highest BCUT2D eigenvalue weighted by Gasteiger charge is 2.14. The summed E-state index contributed by atoms with van der Waals surface area (Å²) in [6, 6.07) is 4.09. The molecule has 0 bridgehead atoms. The Morgan fingerprint density at radius 1 is 1.44 bits per heavy atom. The van der Waals surface area contributed by atoms with E-state index >= 15 is 0 Å². The fraction of sp³-hybridized carbons (Fsp3) is 0.167. The lowest BCUT2D eigenvalue weighted by Gasteiger charge is -2.07. The van der Waals surface area contributed by atoms with Crippen molar-refractivity contribution in [1.29, 1.82) is 0 Å². The van der Waals surface area contributed by atoms with E-state index in [1.165, 1.54) is 25.3 Å². The molecule has 2 N–H and O–H groups in total. The zero-order valence-electron chi connectivity index (χ0n) is 9.82. The molecule has 0 amide bonds. The van der Waals surface area contributed by atoms with Gasteiger partial charge in [0, 0.05) is 5.56 Å². The molecule has 0 fully saturated rings. The number of aryl methyl sites for hydroxylation is 1. The van der Waals surface area contributed by atoms with Crippen molar-refractivity contribution in [3.8, 4) is 17.0 Å². The molecule has 0 saturated heterocycles. The van der Waals surface area contributed by atoms with Crippen molar-refractivity contribution < 1.29 is 19.0 Å². The fourth-order valence-electron chi connectivity index (χ4n) is 1.64. The van der Waals surface area contributed by atoms with Crippen LogP contribution in [0.15, 0.2) is 18.2 Å². The van der Waals surface area contributed by atoms with Gasteiger partial charge in [-0.15, -0.1) is 0 Å². The molecule has 0 aliphatic rings. The molecular formula is C12H11FN2O3. The molecular weight excluding hydrogens is 239 g/mol. The van der Waals surface area contributed by atoms with Gasteiger partial charge in [-0.3, -0.25) is 5.10 Å². The Bertz CT molecular complexity index is 607. The van der Waals surface area contributed by atoms with Crippen LogP contribution in [0.4, 0.5) is 4.39 Å². The van der Waals surface area contributed by atoms with Gasteiger partial charge in [-0.1, -0.05) is 0 Å². The molecule has 1 heterocycles. The number of nitrogens with one attached hydrogen (secondary N) is 1. The number of aromatic nitrogens is 2. The molecule has 0 atom stereocenters. The summed E-state index contributed by atoms with van der Waals surface area (Å²) in [5.41, 5.74) is 0.987. The molecule has 2 aromatic rings. The van der Waals surface area contributed by atoms with Crippen molar-refractivity contribution in [2.24, 2.45) is 0 Å². The van der Waals surface area contributed by atoms with E-state index in [-0.39, 0.29) is 17.0 Å². The first kappa shape index (κ1) is 12.1. The van der Waals surface area contributed by atoms with Crippen LogP contribution >= 0.6 is 0 Å². The monoisotopic (exact) mass is 250 g/mol. The van der Waals surface area contributed by atoms with Crippen molar-refractivity contribution in [2.75, 3.05) is 7.11 Å². The first-order chi connectivity index (χ1) is 8.52. The average molecular weight is 250 g/mol. The number of hydrogen-bond donors (Lipinski definition) is 2. The Balaban J connectivity index is 2.52. The molecule has 94 valence electrons. The first-order valence-corrected chi connectivity index (χ1v) is 5.16. The van der Waals surface area contributed by atoms with Crippen molar-refractivity contribution in [3.05, 3.63) is 35.3 Å². The lowest BCUT2D eigenvalue weighted by Crippen LogP contribution is -1.95. The summed E-state index contributed by atoms with van der Waals surface area (Å²) in [6.45, 7) is 1.72. The number of aromatic amines is 1. The van der Waals surface area contributed by atoms with Crippen LogP contribution in [0.1, 0.15) is 16.1 Å². The van der Waals surface area contributed by atoms with Crippen LogP contribution in [0.25, 0.3) is 11.3 Å². The van der Waals surface area contributed by atoms with E-state index in [1.807, 2.05) is 0 Å². The molecule has 0 saturated carbocycles. The normalized spacial score (nSPS) is 10.4. The second-order valence-corrected chi connectivity index (χ2v) is 3.77. The van der Waals surface area contributed by atoms with E-state index in [4.69, 9.17) is 9.84 Å². The number of benzene rings is 1. The van der Waals surface area contributed by atoms with E-state index in [0.29, 0.717) is 11.3 Å². The number of ether oxygens (including phenoxy) is 1. The zero-order valence-corrected chi connectivity index (χ0v) is 9.82. The molecule has 6 heteroatoms. The van der Waals surface area contributed by atoms with Crippen molar-refractivity contribution >= 4 is 5.97 Å². The van der Waals surface area contributed by atoms with Gasteiger partial charge in [-0.05, 0) is 30.7 Å². The number of halogens is 1. The van der Waals surface area contributed by atoms with Gasteiger partial charge < -0.3 is 9.84 Å². The number of carboxylic acids is 1. The number of rotatable bonds is 3. The molecule has 5 nitrogen and oxygen atoms in total. The number of H-pyrrole nitrogens is 1. The van der Waals surface area contributed by atoms with Gasteiger partial charge in [0.05, 0.1) is 12.8 Å². The average Bonchev–Trinajstić information content (AvgIpc) is 2.78. The van der Waals surface area contributed by atoms with Crippen LogP contribution in [0.3, 0.4) is 0 Å². The Morgan fingerprint density at radius 3 is 2.72 bits per heavy atom. The third-order valence-corrected chi connectivity index (χ3v) is 2.57. The minimum Gasteiger partial charge on any atom is -0.496 e. The van der Waals surface area contributed by atoms with Crippen molar-refractivity contribution in [2.45, 2.75) is 6.92 Å². The summed E-state index contributed by atoms with van der Waals surface area (Å²) >= 11 is 0. The Kier molecular flexibility index (Phi) is 3.01. The SMILES string of the molecule is COc1cc(-c2cc(C(=O)O)[nH]n2)c(F)cc1C. The second-order valence-electron chi connectivity index (χ2n) is 3.77. The summed E-state index contributed by atoms with van der Waals surface area (Å²) in [4.78, 5) is 10.7. The van der Waals surface area contributed by atoms with Gasteiger partial charge in [0.2, 0.25) is 0 Å². The lowest BCUT2D eigenvalue weighted by atomic mass is 10.1. The summed E-state index contributed by atoms with van der Waals surface area (Å²) < 4.78 is 18.9. The Labute approximate surface area is 102 Å². The number of methoxy groups -OCH3 is 1. The highest BCUT2D eigenvalue weighted by atomic mass is 19.1. The largest absolute Gasteiger partial charge is 0.496 e. The van der Waals surface area contributed by atoms with Gasteiger partial charge in [-0.2, -0.15) is 5.10 Å². The van der Waals surface area contributed by atoms with E-state index in [0.717, 1.165) is 0 Å². The number of aromatic carboxylic acids is 1. The minimum absolute atomic E-state index is 0.0936. The van der Waals surface area contributed by atoms with E-state index < -0.39 is 11.8 Å². The molecule has 0 unspecified atom stereocenters. The van der Waals surface area contributed by atoms with Crippen LogP contribution in [-0.4, -0.2) is 28.4 Å². The van der Waals surface area contributed by atoms with Gasteiger partial charge >= 0.3 is 5.97 Å².